The molecule has 5 aromatic rings. The van der Waals surface area contributed by atoms with Gasteiger partial charge >= 0.3 is 11.9 Å². The van der Waals surface area contributed by atoms with Crippen LogP contribution >= 0.6 is 0 Å². The smallest absolute Gasteiger partial charge is 0.320 e. The van der Waals surface area contributed by atoms with Crippen molar-refractivity contribution in [2.24, 2.45) is 5.73 Å². The number of carboxylic acid groups (broad SMARTS) is 1. The fourth-order valence-corrected chi connectivity index (χ4v) is 4.45. The van der Waals surface area contributed by atoms with E-state index in [9.17, 15) is 9.59 Å². The fraction of sp³-hybridized carbons (Fsp3) is 0.179. The number of hydrogen-bond acceptors (Lipinski definition) is 4. The molecular formula is C28H25N2O4+. The predicted molar refractivity (Wildman–Crippen MR) is 131 cm³/mol. The summed E-state index contributed by atoms with van der Waals surface area (Å²) in [4.78, 5) is 22.6. The zero-order valence-electron chi connectivity index (χ0n) is 18.6. The quantitative estimate of drug-likeness (QED) is 0.209. The van der Waals surface area contributed by atoms with E-state index >= 15 is 0 Å². The van der Waals surface area contributed by atoms with Gasteiger partial charge in [-0.1, -0.05) is 54.6 Å². The number of ether oxygens (including phenoxy) is 1. The highest BCUT2D eigenvalue weighted by Crippen LogP contribution is 2.35. The zero-order chi connectivity index (χ0) is 23.7. The lowest BCUT2D eigenvalue weighted by atomic mass is 9.92. The number of rotatable bonds is 8. The van der Waals surface area contributed by atoms with Crippen molar-refractivity contribution in [2.75, 3.05) is 0 Å². The Morgan fingerprint density at radius 2 is 1.53 bits per heavy atom. The second-order valence-corrected chi connectivity index (χ2v) is 8.60. The molecule has 6 heteroatoms. The third-order valence-electron chi connectivity index (χ3n) is 6.31. The zero-order valence-corrected chi connectivity index (χ0v) is 18.6. The van der Waals surface area contributed by atoms with Crippen molar-refractivity contribution in [3.8, 4) is 0 Å². The molecule has 0 fully saturated rings. The molecule has 1 heterocycles. The molecule has 1 aromatic heterocycles. The Bertz CT molecular complexity index is 1480. The second kappa shape index (κ2) is 9.08. The Kier molecular flexibility index (Phi) is 5.82. The summed E-state index contributed by atoms with van der Waals surface area (Å²) >= 11 is 0. The van der Waals surface area contributed by atoms with Gasteiger partial charge in [0.05, 0.1) is 0 Å². The van der Waals surface area contributed by atoms with Gasteiger partial charge in [-0.05, 0) is 38.7 Å². The van der Waals surface area contributed by atoms with Crippen LogP contribution in [0.25, 0.3) is 32.3 Å². The van der Waals surface area contributed by atoms with Gasteiger partial charge in [-0.25, -0.2) is 4.57 Å². The molecule has 34 heavy (non-hydrogen) atoms. The van der Waals surface area contributed by atoms with Gasteiger partial charge in [-0.15, -0.1) is 0 Å². The van der Waals surface area contributed by atoms with E-state index in [0.29, 0.717) is 0 Å². The summed E-state index contributed by atoms with van der Waals surface area (Å²) in [6.45, 7) is 0.863. The molecule has 0 saturated carbocycles. The monoisotopic (exact) mass is 453 g/mol. The van der Waals surface area contributed by atoms with Gasteiger partial charge in [0.1, 0.15) is 12.6 Å². The average molecular weight is 454 g/mol. The number of aromatic nitrogens is 1. The van der Waals surface area contributed by atoms with Crippen LogP contribution in [0.2, 0.25) is 0 Å². The van der Waals surface area contributed by atoms with E-state index < -0.39 is 18.0 Å². The Morgan fingerprint density at radius 3 is 2.24 bits per heavy atom. The van der Waals surface area contributed by atoms with Crippen LogP contribution in [0, 0.1) is 0 Å². The molecule has 170 valence electrons. The van der Waals surface area contributed by atoms with Crippen LogP contribution < -0.4 is 10.3 Å². The lowest BCUT2D eigenvalue weighted by molar-refractivity contribution is -0.688. The van der Waals surface area contributed by atoms with Crippen LogP contribution in [0.4, 0.5) is 0 Å². The Morgan fingerprint density at radius 1 is 0.882 bits per heavy atom. The van der Waals surface area contributed by atoms with Gasteiger partial charge in [-0.3, -0.25) is 9.59 Å². The molecular weight excluding hydrogens is 428 g/mol. The van der Waals surface area contributed by atoms with E-state index in [4.69, 9.17) is 15.6 Å². The molecule has 0 saturated heterocycles. The summed E-state index contributed by atoms with van der Waals surface area (Å²) < 4.78 is 7.34. The Balaban J connectivity index is 1.30. The van der Waals surface area contributed by atoms with Gasteiger partial charge in [0.15, 0.2) is 18.9 Å². The number of carbonyl (C=O) groups excluding carboxylic acids is 1. The fourth-order valence-electron chi connectivity index (χ4n) is 4.45. The summed E-state index contributed by atoms with van der Waals surface area (Å²) in [5, 5.41) is 16.4. The standard InChI is InChI=1S/C28H24N2O4/c29-24(28(32)33)10-11-25(31)34-17-18-12-14-30(15-13-18)16-22-7-6-21-5-4-19-2-1-3-20-8-9-23(22)27(21)26(19)20/h1-9,12-15,24H,10-11,16-17,29H2/p+1/t24-/m0/s1. The number of carbonyl (C=O) groups is 2. The Labute approximate surface area is 196 Å². The van der Waals surface area contributed by atoms with Crippen LogP contribution in [-0.2, 0) is 27.5 Å². The molecule has 1 atom stereocenters. The number of pyridine rings is 1. The van der Waals surface area contributed by atoms with Gasteiger partial charge in [0.2, 0.25) is 0 Å². The number of nitrogens with two attached hydrogens (primary N) is 1. The number of nitrogens with zero attached hydrogens (tertiary/aromatic N) is 1. The van der Waals surface area contributed by atoms with Crippen LogP contribution in [0.15, 0.2) is 79.1 Å². The first-order chi connectivity index (χ1) is 16.5. The van der Waals surface area contributed by atoms with Crippen molar-refractivity contribution in [2.45, 2.75) is 32.0 Å². The molecule has 4 aromatic carbocycles. The summed E-state index contributed by atoms with van der Waals surface area (Å²) in [6.07, 6.45) is 3.99. The molecule has 0 aliphatic rings. The number of benzene rings is 4. The molecule has 5 rings (SSSR count). The van der Waals surface area contributed by atoms with Crippen molar-refractivity contribution in [1.29, 1.82) is 0 Å². The maximum atomic E-state index is 11.8. The van der Waals surface area contributed by atoms with Crippen LogP contribution in [0.5, 0.6) is 0 Å². The number of aliphatic carboxylic acids is 1. The minimum absolute atomic E-state index is 0.0189. The summed E-state index contributed by atoms with van der Waals surface area (Å²) in [6, 6.07) is 22.4. The first kappa shape index (κ1) is 21.8. The molecule has 0 aliphatic carbocycles. The molecule has 3 N–H and O–H groups in total. The summed E-state index contributed by atoms with van der Waals surface area (Å²) in [5.41, 5.74) is 7.52. The van der Waals surface area contributed by atoms with Crippen molar-refractivity contribution >= 4 is 44.3 Å². The van der Waals surface area contributed by atoms with Crippen LogP contribution in [0.1, 0.15) is 24.0 Å². The van der Waals surface area contributed by atoms with Crippen molar-refractivity contribution in [3.05, 3.63) is 90.3 Å². The summed E-state index contributed by atoms with van der Waals surface area (Å²) in [5.74, 6) is -1.58. The number of hydrogen-bond donors (Lipinski definition) is 2. The largest absolute Gasteiger partial charge is 0.480 e. The van der Waals surface area contributed by atoms with Crippen molar-refractivity contribution in [1.82, 2.24) is 0 Å². The van der Waals surface area contributed by atoms with E-state index in [1.807, 2.05) is 24.5 Å². The lowest BCUT2D eigenvalue weighted by Gasteiger charge is -2.12. The molecule has 0 bridgehead atoms. The second-order valence-electron chi connectivity index (χ2n) is 8.60. The third kappa shape index (κ3) is 4.28. The van der Waals surface area contributed by atoms with Gasteiger partial charge in [-0.2, -0.15) is 0 Å². The van der Waals surface area contributed by atoms with Gasteiger partial charge in [0, 0.05) is 29.7 Å². The highest BCUT2D eigenvalue weighted by Gasteiger charge is 2.15. The third-order valence-corrected chi connectivity index (χ3v) is 6.31. The molecule has 0 aliphatic heterocycles. The topological polar surface area (TPSA) is 93.5 Å². The first-order valence-corrected chi connectivity index (χ1v) is 11.3. The lowest BCUT2D eigenvalue weighted by Crippen LogP contribution is -2.33. The molecule has 0 radical (unpaired) electrons. The Hall–Kier alpha value is -4.03. The van der Waals surface area contributed by atoms with E-state index in [1.165, 1.54) is 37.9 Å². The van der Waals surface area contributed by atoms with E-state index in [1.54, 1.807) is 0 Å². The van der Waals surface area contributed by atoms with E-state index in [2.05, 4.69) is 59.2 Å². The van der Waals surface area contributed by atoms with Gasteiger partial charge < -0.3 is 15.6 Å². The minimum Gasteiger partial charge on any atom is -0.480 e. The van der Waals surface area contributed by atoms with E-state index in [-0.39, 0.29) is 19.4 Å². The number of carboxylic acids is 1. The molecule has 0 unspecified atom stereocenters. The first-order valence-electron chi connectivity index (χ1n) is 11.3. The minimum atomic E-state index is -1.12. The highest BCUT2D eigenvalue weighted by molar-refractivity contribution is 6.23. The normalized spacial score (nSPS) is 12.4. The van der Waals surface area contributed by atoms with Crippen molar-refractivity contribution < 1.29 is 24.0 Å². The van der Waals surface area contributed by atoms with Crippen molar-refractivity contribution in [3.63, 3.8) is 0 Å². The molecule has 6 nitrogen and oxygen atoms in total. The highest BCUT2D eigenvalue weighted by atomic mass is 16.5. The van der Waals surface area contributed by atoms with E-state index in [0.717, 1.165) is 12.1 Å². The maximum absolute atomic E-state index is 11.8. The summed E-state index contributed by atoms with van der Waals surface area (Å²) in [7, 11) is 0. The van der Waals surface area contributed by atoms with Crippen LogP contribution in [0.3, 0.4) is 0 Å². The molecule has 0 spiro atoms. The number of esters is 1. The molecule has 0 amide bonds. The van der Waals surface area contributed by atoms with Gasteiger partial charge in [0.25, 0.3) is 0 Å². The average Bonchev–Trinajstić information content (AvgIpc) is 2.86. The predicted octanol–water partition coefficient (Wildman–Crippen LogP) is 4.16. The maximum Gasteiger partial charge on any atom is 0.320 e. The van der Waals surface area contributed by atoms with Crippen LogP contribution in [-0.4, -0.2) is 23.1 Å². The SMILES string of the molecule is N[C@@H](CCC(=O)OCc1cc[n+](Cc2ccc3ccc4cccc5ccc2c3c45)cc1)C(=O)O.